The van der Waals surface area contributed by atoms with Crippen LogP contribution in [-0.2, 0) is 25.2 Å². The summed E-state index contributed by atoms with van der Waals surface area (Å²) in [6, 6.07) is 10.2. The lowest BCUT2D eigenvalue weighted by Crippen LogP contribution is -2.43. The monoisotopic (exact) mass is 538 g/mol. The maximum atomic E-state index is 14.0. The minimum atomic E-state index is -4.64. The number of nitrogens with one attached hydrogen (secondary N) is 1. The molecule has 39 heavy (non-hydrogen) atoms. The Hall–Kier alpha value is -3.53. The van der Waals surface area contributed by atoms with Crippen LogP contribution >= 0.6 is 0 Å². The molecule has 0 saturated heterocycles. The number of halogens is 3. The van der Waals surface area contributed by atoms with Crippen molar-refractivity contribution in [3.8, 4) is 5.69 Å². The quantitative estimate of drug-likeness (QED) is 0.326. The van der Waals surface area contributed by atoms with Crippen LogP contribution in [0.5, 0.6) is 0 Å². The van der Waals surface area contributed by atoms with Crippen molar-refractivity contribution in [2.75, 3.05) is 6.54 Å². The third kappa shape index (κ3) is 4.97. The van der Waals surface area contributed by atoms with Crippen LogP contribution in [0, 0.1) is 11.8 Å². The average Bonchev–Trinajstić information content (AvgIpc) is 3.32. The van der Waals surface area contributed by atoms with Crippen LogP contribution in [0.25, 0.3) is 16.6 Å². The molecule has 10 heteroatoms. The molecule has 2 heterocycles. The van der Waals surface area contributed by atoms with Crippen LogP contribution in [-0.4, -0.2) is 30.9 Å². The van der Waals surface area contributed by atoms with Crippen molar-refractivity contribution in [3.63, 3.8) is 0 Å². The lowest BCUT2D eigenvalue weighted by atomic mass is 9.58. The Labute approximate surface area is 225 Å². The van der Waals surface area contributed by atoms with E-state index in [0.717, 1.165) is 36.7 Å². The van der Waals surface area contributed by atoms with Gasteiger partial charge in [0, 0.05) is 13.6 Å². The molecule has 2 aromatic heterocycles. The van der Waals surface area contributed by atoms with E-state index in [2.05, 4.69) is 41.3 Å². The van der Waals surface area contributed by atoms with Gasteiger partial charge in [0.05, 0.1) is 27.6 Å². The van der Waals surface area contributed by atoms with E-state index in [-0.39, 0.29) is 22.9 Å². The highest BCUT2D eigenvalue weighted by atomic mass is 19.4. The van der Waals surface area contributed by atoms with Crippen molar-refractivity contribution in [1.82, 2.24) is 29.6 Å². The highest BCUT2D eigenvalue weighted by Gasteiger charge is 2.48. The number of benzene rings is 2. The largest absolute Gasteiger partial charge is 0.418 e. The van der Waals surface area contributed by atoms with Crippen LogP contribution < -0.4 is 10.9 Å². The molecular weight excluding hydrogens is 505 g/mol. The Morgan fingerprint density at radius 2 is 1.95 bits per heavy atom. The van der Waals surface area contributed by atoms with Crippen molar-refractivity contribution in [2.45, 2.75) is 58.2 Å². The molecule has 0 amide bonds. The number of fused-ring (bicyclic) bond motifs is 1. The first-order chi connectivity index (χ1) is 18.5. The standard InChI is InChI=1S/C29H33F3N6O/c1-5-18(2)14-33-15-20-9-23-25(24(10-20)29(30,31)32)34-16-38(26(23)39)22-8-6-7-21(11-22)28(12-19(3)13-28)27-36-35-17-37(27)4/h6-11,16-19,33H,5,12-15H2,1-4H3/t18-,19?,28?/m1/s1. The second kappa shape index (κ2) is 10.2. The molecule has 1 aliphatic carbocycles. The predicted octanol–water partition coefficient (Wildman–Crippen LogP) is 5.38. The Balaban J connectivity index is 1.59. The van der Waals surface area contributed by atoms with Crippen LogP contribution in [0.15, 0.2) is 53.8 Å². The van der Waals surface area contributed by atoms with Gasteiger partial charge >= 0.3 is 6.18 Å². The molecule has 7 nitrogen and oxygen atoms in total. The maximum absolute atomic E-state index is 14.0. The van der Waals surface area contributed by atoms with E-state index in [0.29, 0.717) is 29.6 Å². The summed E-state index contributed by atoms with van der Waals surface area (Å²) in [6.45, 7) is 7.22. The van der Waals surface area contributed by atoms with Gasteiger partial charge in [0.1, 0.15) is 18.5 Å². The molecule has 0 radical (unpaired) electrons. The van der Waals surface area contributed by atoms with Crippen molar-refractivity contribution in [2.24, 2.45) is 18.9 Å². The average molecular weight is 539 g/mol. The number of aromatic nitrogens is 5. The Kier molecular flexibility index (Phi) is 7.09. The molecule has 1 aliphatic rings. The Morgan fingerprint density at radius 1 is 1.18 bits per heavy atom. The van der Waals surface area contributed by atoms with Gasteiger partial charge in [-0.25, -0.2) is 4.98 Å². The fourth-order valence-electron chi connectivity index (χ4n) is 5.75. The molecule has 0 bridgehead atoms. The predicted molar refractivity (Wildman–Crippen MR) is 144 cm³/mol. The van der Waals surface area contributed by atoms with E-state index < -0.39 is 17.3 Å². The molecule has 206 valence electrons. The zero-order chi connectivity index (χ0) is 27.9. The molecular formula is C29H33F3N6O. The second-order valence-corrected chi connectivity index (χ2v) is 11.0. The molecule has 0 unspecified atom stereocenters. The van der Waals surface area contributed by atoms with Gasteiger partial charge in [0.25, 0.3) is 5.56 Å². The summed E-state index contributed by atoms with van der Waals surface area (Å²) >= 11 is 0. The van der Waals surface area contributed by atoms with E-state index in [4.69, 9.17) is 0 Å². The number of alkyl halides is 3. The van der Waals surface area contributed by atoms with Gasteiger partial charge in [-0.1, -0.05) is 39.3 Å². The van der Waals surface area contributed by atoms with E-state index in [1.54, 1.807) is 12.4 Å². The second-order valence-electron chi connectivity index (χ2n) is 11.0. The highest BCUT2D eigenvalue weighted by molar-refractivity contribution is 5.82. The normalized spacial score (nSPS) is 20.2. The molecule has 4 aromatic rings. The first kappa shape index (κ1) is 27.1. The van der Waals surface area contributed by atoms with E-state index in [1.165, 1.54) is 17.0 Å². The summed E-state index contributed by atoms with van der Waals surface area (Å²) in [4.78, 5) is 17.8. The van der Waals surface area contributed by atoms with E-state index in [9.17, 15) is 18.0 Å². The van der Waals surface area contributed by atoms with Gasteiger partial charge in [-0.3, -0.25) is 9.36 Å². The van der Waals surface area contributed by atoms with Gasteiger partial charge < -0.3 is 9.88 Å². The highest BCUT2D eigenvalue weighted by Crippen LogP contribution is 2.51. The van der Waals surface area contributed by atoms with Crippen LogP contribution in [0.3, 0.4) is 0 Å². The number of hydrogen-bond donors (Lipinski definition) is 1. The van der Waals surface area contributed by atoms with Gasteiger partial charge in [-0.2, -0.15) is 13.2 Å². The van der Waals surface area contributed by atoms with Crippen LogP contribution in [0.4, 0.5) is 13.2 Å². The summed E-state index contributed by atoms with van der Waals surface area (Å²) in [6.07, 6.45) is 0.960. The smallest absolute Gasteiger partial charge is 0.320 e. The first-order valence-corrected chi connectivity index (χ1v) is 13.3. The summed E-state index contributed by atoms with van der Waals surface area (Å²) in [5, 5.41) is 11.6. The fraction of sp³-hybridized carbons (Fsp3) is 0.448. The minimum absolute atomic E-state index is 0.0571. The molecule has 2 aromatic carbocycles. The summed E-state index contributed by atoms with van der Waals surface area (Å²) < 4.78 is 45.3. The minimum Gasteiger partial charge on any atom is -0.320 e. The third-order valence-corrected chi connectivity index (χ3v) is 7.96. The van der Waals surface area contributed by atoms with Crippen molar-refractivity contribution in [1.29, 1.82) is 0 Å². The summed E-state index contributed by atoms with van der Waals surface area (Å²) in [5.74, 6) is 1.75. The molecule has 1 saturated carbocycles. The van der Waals surface area contributed by atoms with Crippen molar-refractivity contribution >= 4 is 10.9 Å². The summed E-state index contributed by atoms with van der Waals surface area (Å²) in [7, 11) is 1.91. The van der Waals surface area contributed by atoms with E-state index >= 15 is 0 Å². The lowest BCUT2D eigenvalue weighted by molar-refractivity contribution is -0.136. The van der Waals surface area contributed by atoms with Crippen molar-refractivity contribution < 1.29 is 13.2 Å². The molecule has 1 fully saturated rings. The zero-order valence-corrected chi connectivity index (χ0v) is 22.6. The molecule has 0 aliphatic heterocycles. The van der Waals surface area contributed by atoms with E-state index in [1.807, 2.05) is 29.8 Å². The molecule has 1 atom stereocenters. The summed E-state index contributed by atoms with van der Waals surface area (Å²) in [5.41, 5.74) is -0.194. The molecule has 1 N–H and O–H groups in total. The fourth-order valence-corrected chi connectivity index (χ4v) is 5.75. The maximum Gasteiger partial charge on any atom is 0.418 e. The van der Waals surface area contributed by atoms with Gasteiger partial charge in [0.2, 0.25) is 0 Å². The number of aryl methyl sites for hydroxylation is 1. The molecule has 0 spiro atoms. The van der Waals surface area contributed by atoms with Crippen molar-refractivity contribution in [3.05, 3.63) is 81.9 Å². The first-order valence-electron chi connectivity index (χ1n) is 13.3. The van der Waals surface area contributed by atoms with Crippen LogP contribution in [0.1, 0.15) is 62.5 Å². The van der Waals surface area contributed by atoms with Gasteiger partial charge in [-0.05, 0) is 66.6 Å². The number of nitrogens with zero attached hydrogens (tertiary/aromatic N) is 5. The van der Waals surface area contributed by atoms with Crippen LogP contribution in [0.2, 0.25) is 0 Å². The Bertz CT molecular complexity index is 1550. The zero-order valence-electron chi connectivity index (χ0n) is 22.6. The SMILES string of the molecule is CC[C@@H](C)CNCc1cc(C(F)(F)F)c2ncn(-c3cccc(C4(c5nncn5C)CC(C)C4)c3)c(=O)c2c1. The number of rotatable bonds is 8. The third-order valence-electron chi connectivity index (χ3n) is 7.96. The Morgan fingerprint density at radius 3 is 2.59 bits per heavy atom. The molecule has 5 rings (SSSR count). The lowest BCUT2D eigenvalue weighted by Gasteiger charge is -2.46. The topological polar surface area (TPSA) is 77.6 Å². The number of hydrogen-bond acceptors (Lipinski definition) is 5. The van der Waals surface area contributed by atoms with Gasteiger partial charge in [-0.15, -0.1) is 10.2 Å². The van der Waals surface area contributed by atoms with Gasteiger partial charge in [0.15, 0.2) is 0 Å².